The monoisotopic (exact) mass is 487 g/mol. The van der Waals surface area contributed by atoms with Crippen molar-refractivity contribution in [3.05, 3.63) is 96.7 Å². The molecule has 1 saturated heterocycles. The quantitative estimate of drug-likeness (QED) is 0.514. The lowest BCUT2D eigenvalue weighted by Crippen LogP contribution is -2.39. The summed E-state index contributed by atoms with van der Waals surface area (Å²) < 4.78 is 7.56. The van der Waals surface area contributed by atoms with Crippen LogP contribution in [0.4, 0.5) is 5.69 Å². The van der Waals surface area contributed by atoms with Crippen molar-refractivity contribution in [1.29, 1.82) is 0 Å². The Labute approximate surface area is 208 Å². The van der Waals surface area contributed by atoms with Crippen LogP contribution >= 0.6 is 11.3 Å². The van der Waals surface area contributed by atoms with Crippen LogP contribution in [0.25, 0.3) is 6.08 Å². The van der Waals surface area contributed by atoms with Crippen LogP contribution in [0.2, 0.25) is 0 Å². The molecule has 1 atom stereocenters. The van der Waals surface area contributed by atoms with E-state index >= 15 is 0 Å². The number of carbonyl (C=O) groups excluding carboxylic acids is 1. The number of allylic oxidation sites excluding steroid dienone is 1. The summed E-state index contributed by atoms with van der Waals surface area (Å²) in [5, 5.41) is 0. The van der Waals surface area contributed by atoms with Gasteiger partial charge in [0.05, 0.1) is 28.5 Å². The summed E-state index contributed by atoms with van der Waals surface area (Å²) in [7, 11) is 0. The molecule has 1 aromatic heterocycles. The second kappa shape index (κ2) is 10.0. The molecule has 2 aromatic carbocycles. The predicted octanol–water partition coefficient (Wildman–Crippen LogP) is 3.79. The molecule has 3 aromatic rings. The third-order valence-electron chi connectivity index (χ3n) is 6.54. The first-order chi connectivity index (χ1) is 17.1. The lowest BCUT2D eigenvalue weighted by Gasteiger charge is -2.28. The maximum atomic E-state index is 13.6. The summed E-state index contributed by atoms with van der Waals surface area (Å²) in [5.74, 6) is -0.440. The molecule has 0 aliphatic carbocycles. The Morgan fingerprint density at radius 1 is 1.09 bits per heavy atom. The van der Waals surface area contributed by atoms with Crippen LogP contribution in [0.1, 0.15) is 50.3 Å². The average molecular weight is 488 g/mol. The molecule has 5 rings (SSSR count). The summed E-state index contributed by atoms with van der Waals surface area (Å²) in [6, 6.07) is 17.4. The third kappa shape index (κ3) is 4.60. The summed E-state index contributed by atoms with van der Waals surface area (Å²) in [6.07, 6.45) is 5.68. The van der Waals surface area contributed by atoms with Crippen LogP contribution in [0.15, 0.2) is 75.7 Å². The normalized spacial score (nSPS) is 18.3. The first-order valence-corrected chi connectivity index (χ1v) is 13.0. The van der Waals surface area contributed by atoms with Crippen LogP contribution in [-0.2, 0) is 9.53 Å². The third-order valence-corrected chi connectivity index (χ3v) is 7.53. The molecule has 0 bridgehead atoms. The average Bonchev–Trinajstić information content (AvgIpc) is 3.19. The predicted molar refractivity (Wildman–Crippen MR) is 139 cm³/mol. The Morgan fingerprint density at radius 3 is 2.49 bits per heavy atom. The van der Waals surface area contributed by atoms with E-state index in [-0.39, 0.29) is 12.2 Å². The number of hydrogen-bond acceptors (Lipinski definition) is 6. The topological polar surface area (TPSA) is 63.9 Å². The fourth-order valence-corrected chi connectivity index (χ4v) is 5.87. The summed E-state index contributed by atoms with van der Waals surface area (Å²) in [5.41, 5.74) is 3.87. The minimum atomic E-state index is -0.574. The van der Waals surface area contributed by atoms with Crippen LogP contribution in [0, 0.1) is 0 Å². The van der Waals surface area contributed by atoms with Crippen molar-refractivity contribution in [2.45, 2.75) is 39.2 Å². The SMILES string of the molecule is CCOC(=O)C1=C(C)N=c2s/c(=C/c3ccc(N4CCCCC4)cc3)c(=O)n2[C@H]1c1ccccc1. The van der Waals surface area contributed by atoms with Crippen molar-refractivity contribution in [3.8, 4) is 0 Å². The second-order valence-electron chi connectivity index (χ2n) is 8.85. The lowest BCUT2D eigenvalue weighted by molar-refractivity contribution is -0.139. The number of fused-ring (bicyclic) bond motifs is 1. The largest absolute Gasteiger partial charge is 0.463 e. The fourth-order valence-electron chi connectivity index (χ4n) is 4.83. The second-order valence-corrected chi connectivity index (χ2v) is 9.86. The molecule has 35 heavy (non-hydrogen) atoms. The van der Waals surface area contributed by atoms with Crippen molar-refractivity contribution in [3.63, 3.8) is 0 Å². The highest BCUT2D eigenvalue weighted by Gasteiger charge is 2.33. The number of ether oxygens (including phenoxy) is 1. The van der Waals surface area contributed by atoms with E-state index in [1.54, 1.807) is 18.4 Å². The molecular formula is C28H29N3O3S. The highest BCUT2D eigenvalue weighted by atomic mass is 32.1. The molecular weight excluding hydrogens is 458 g/mol. The van der Waals surface area contributed by atoms with Gasteiger partial charge in [-0.1, -0.05) is 53.8 Å². The van der Waals surface area contributed by atoms with Gasteiger partial charge in [-0.05, 0) is 62.4 Å². The molecule has 7 heteroatoms. The van der Waals surface area contributed by atoms with Crippen molar-refractivity contribution in [1.82, 2.24) is 4.57 Å². The molecule has 0 spiro atoms. The Hall–Kier alpha value is -3.45. The molecule has 180 valence electrons. The van der Waals surface area contributed by atoms with Crippen molar-refractivity contribution < 1.29 is 9.53 Å². The van der Waals surface area contributed by atoms with E-state index in [0.29, 0.717) is 20.6 Å². The molecule has 3 heterocycles. The number of aromatic nitrogens is 1. The molecule has 0 radical (unpaired) electrons. The molecule has 0 N–H and O–H groups in total. The Bertz CT molecular complexity index is 1430. The van der Waals surface area contributed by atoms with Gasteiger partial charge in [-0.15, -0.1) is 0 Å². The Kier molecular flexibility index (Phi) is 6.68. The molecule has 0 saturated carbocycles. The summed E-state index contributed by atoms with van der Waals surface area (Å²) in [6.45, 7) is 6.03. The van der Waals surface area contributed by atoms with Crippen LogP contribution in [-0.4, -0.2) is 30.2 Å². The van der Waals surface area contributed by atoms with Crippen molar-refractivity contribution >= 4 is 29.1 Å². The maximum Gasteiger partial charge on any atom is 0.338 e. The van der Waals surface area contributed by atoms with Gasteiger partial charge in [-0.25, -0.2) is 9.79 Å². The summed E-state index contributed by atoms with van der Waals surface area (Å²) >= 11 is 1.35. The van der Waals surface area contributed by atoms with Gasteiger partial charge in [-0.3, -0.25) is 9.36 Å². The smallest absolute Gasteiger partial charge is 0.338 e. The van der Waals surface area contributed by atoms with E-state index in [0.717, 1.165) is 24.2 Å². The number of benzene rings is 2. The Balaban J connectivity index is 1.57. The van der Waals surface area contributed by atoms with Crippen molar-refractivity contribution in [2.75, 3.05) is 24.6 Å². The van der Waals surface area contributed by atoms with Crippen LogP contribution in [0.3, 0.4) is 0 Å². The number of anilines is 1. The lowest BCUT2D eigenvalue weighted by atomic mass is 9.96. The minimum absolute atomic E-state index is 0.156. The highest BCUT2D eigenvalue weighted by molar-refractivity contribution is 7.07. The van der Waals surface area contributed by atoms with E-state index in [2.05, 4.69) is 34.2 Å². The van der Waals surface area contributed by atoms with Crippen LogP contribution < -0.4 is 19.8 Å². The maximum absolute atomic E-state index is 13.6. The summed E-state index contributed by atoms with van der Waals surface area (Å²) in [4.78, 5) is 34.2. The van der Waals surface area contributed by atoms with E-state index in [9.17, 15) is 9.59 Å². The number of rotatable bonds is 5. The van der Waals surface area contributed by atoms with Gasteiger partial charge in [-0.2, -0.15) is 0 Å². The minimum Gasteiger partial charge on any atom is -0.463 e. The molecule has 6 nitrogen and oxygen atoms in total. The van der Waals surface area contributed by atoms with Gasteiger partial charge in [0, 0.05) is 18.8 Å². The van der Waals surface area contributed by atoms with Gasteiger partial charge in [0.15, 0.2) is 4.80 Å². The number of nitrogens with zero attached hydrogens (tertiary/aromatic N) is 3. The number of esters is 1. The van der Waals surface area contributed by atoms with Gasteiger partial charge in [0.2, 0.25) is 0 Å². The first kappa shape index (κ1) is 23.3. The molecule has 0 amide bonds. The van der Waals surface area contributed by atoms with E-state index < -0.39 is 12.0 Å². The van der Waals surface area contributed by atoms with Crippen LogP contribution in [0.5, 0.6) is 0 Å². The number of carbonyl (C=O) groups is 1. The van der Waals surface area contributed by atoms with Gasteiger partial charge in [0.25, 0.3) is 5.56 Å². The zero-order valence-corrected chi connectivity index (χ0v) is 20.9. The molecule has 0 unspecified atom stereocenters. The fraction of sp³-hybridized carbons (Fsp3) is 0.321. The number of thiazole rings is 1. The van der Waals surface area contributed by atoms with Gasteiger partial charge < -0.3 is 9.64 Å². The molecule has 2 aliphatic heterocycles. The Morgan fingerprint density at radius 2 is 1.80 bits per heavy atom. The van der Waals surface area contributed by atoms with E-state index in [1.165, 1.54) is 36.3 Å². The zero-order valence-electron chi connectivity index (χ0n) is 20.1. The number of hydrogen-bond donors (Lipinski definition) is 0. The van der Waals surface area contributed by atoms with E-state index in [1.807, 2.05) is 36.4 Å². The molecule has 1 fully saturated rings. The van der Waals surface area contributed by atoms with Crippen molar-refractivity contribution in [2.24, 2.45) is 4.99 Å². The van der Waals surface area contributed by atoms with Gasteiger partial charge in [0.1, 0.15) is 0 Å². The first-order valence-electron chi connectivity index (χ1n) is 12.2. The molecule has 2 aliphatic rings. The van der Waals surface area contributed by atoms with Gasteiger partial charge >= 0.3 is 5.97 Å². The zero-order chi connectivity index (χ0) is 24.4. The number of piperidine rings is 1. The highest BCUT2D eigenvalue weighted by Crippen LogP contribution is 2.30. The van der Waals surface area contributed by atoms with E-state index in [4.69, 9.17) is 4.74 Å². The standard InChI is InChI=1S/C28H29N3O3S/c1-3-34-27(33)24-19(2)29-28-31(25(24)21-10-6-4-7-11-21)26(32)23(35-28)18-20-12-14-22(15-13-20)30-16-8-5-9-17-30/h4,6-7,10-15,18,25H,3,5,8-9,16-17H2,1-2H3/b23-18+/t25-/m0/s1.